The molecule has 0 unspecified atom stereocenters. The number of carbonyl (C=O) groups is 2. The number of hydrogen-bond acceptors (Lipinski definition) is 5. The van der Waals surface area contributed by atoms with Gasteiger partial charge in [0.05, 0.1) is 13.2 Å². The zero-order valence-corrected chi connectivity index (χ0v) is 13.8. The van der Waals surface area contributed by atoms with E-state index < -0.39 is 17.5 Å². The van der Waals surface area contributed by atoms with Crippen molar-refractivity contribution >= 4 is 11.9 Å². The van der Waals surface area contributed by atoms with Gasteiger partial charge in [-0.3, -0.25) is 4.90 Å². The summed E-state index contributed by atoms with van der Waals surface area (Å²) in [6.45, 7) is 9.64. The highest BCUT2D eigenvalue weighted by Crippen LogP contribution is 2.16. The van der Waals surface area contributed by atoms with Crippen LogP contribution in [0.3, 0.4) is 0 Å². The summed E-state index contributed by atoms with van der Waals surface area (Å²) in [5.74, 6) is -1.66. The van der Waals surface area contributed by atoms with Gasteiger partial charge in [0.2, 0.25) is 0 Å². The molecule has 6 heteroatoms. The summed E-state index contributed by atoms with van der Waals surface area (Å²) in [4.78, 5) is 25.2. The van der Waals surface area contributed by atoms with Crippen molar-refractivity contribution in [3.8, 4) is 0 Å². The number of unbranched alkanes of at least 4 members (excludes halogenated alkanes) is 1. The van der Waals surface area contributed by atoms with Crippen LogP contribution in [0.2, 0.25) is 0 Å². The molecular weight excluding hydrogens is 286 g/mol. The number of morpholine rings is 1. The van der Waals surface area contributed by atoms with Crippen LogP contribution < -0.4 is 0 Å². The number of esters is 1. The molecule has 1 saturated heterocycles. The Morgan fingerprint density at radius 3 is 2.41 bits per heavy atom. The lowest BCUT2D eigenvalue weighted by molar-refractivity contribution is -0.150. The van der Waals surface area contributed by atoms with Crippen LogP contribution in [0, 0.1) is 0 Å². The van der Waals surface area contributed by atoms with Gasteiger partial charge in [-0.15, -0.1) is 0 Å². The molecule has 126 valence electrons. The minimum Gasteiger partial charge on any atom is -0.478 e. The third-order valence-electron chi connectivity index (χ3n) is 3.23. The van der Waals surface area contributed by atoms with E-state index in [-0.39, 0.29) is 5.57 Å². The highest BCUT2D eigenvalue weighted by Gasteiger charge is 2.20. The fourth-order valence-electron chi connectivity index (χ4n) is 2.20. The van der Waals surface area contributed by atoms with Crippen molar-refractivity contribution in [3.05, 3.63) is 11.6 Å². The van der Waals surface area contributed by atoms with E-state index in [1.165, 1.54) is 0 Å². The first kappa shape index (κ1) is 18.6. The normalized spacial score (nSPS) is 17.3. The maximum atomic E-state index is 12.0. The van der Waals surface area contributed by atoms with Crippen LogP contribution in [-0.2, 0) is 19.1 Å². The van der Waals surface area contributed by atoms with Crippen molar-refractivity contribution in [2.24, 2.45) is 0 Å². The highest BCUT2D eigenvalue weighted by molar-refractivity contribution is 5.95. The molecule has 22 heavy (non-hydrogen) atoms. The second-order valence-corrected chi connectivity index (χ2v) is 6.42. The smallest absolute Gasteiger partial charge is 0.334 e. The van der Waals surface area contributed by atoms with Crippen LogP contribution in [-0.4, -0.2) is 60.4 Å². The summed E-state index contributed by atoms with van der Waals surface area (Å²) in [5, 5.41) is 8.89. The summed E-state index contributed by atoms with van der Waals surface area (Å²) >= 11 is 0. The minimum atomic E-state index is -1.12. The Bertz CT molecular complexity index is 405. The van der Waals surface area contributed by atoms with Gasteiger partial charge in [0.1, 0.15) is 5.60 Å². The van der Waals surface area contributed by atoms with Gasteiger partial charge in [0.25, 0.3) is 0 Å². The van der Waals surface area contributed by atoms with E-state index in [1.54, 1.807) is 20.8 Å². The van der Waals surface area contributed by atoms with Gasteiger partial charge >= 0.3 is 11.9 Å². The molecule has 6 nitrogen and oxygen atoms in total. The van der Waals surface area contributed by atoms with Crippen LogP contribution >= 0.6 is 0 Å². The number of carboxylic acid groups (broad SMARTS) is 1. The second-order valence-electron chi connectivity index (χ2n) is 6.42. The van der Waals surface area contributed by atoms with E-state index >= 15 is 0 Å². The van der Waals surface area contributed by atoms with Gasteiger partial charge in [-0.05, 0) is 46.6 Å². The fraction of sp³-hybridized carbons (Fsp3) is 0.750. The number of hydrogen-bond donors (Lipinski definition) is 1. The average molecular weight is 313 g/mol. The van der Waals surface area contributed by atoms with Gasteiger partial charge < -0.3 is 14.6 Å². The maximum Gasteiger partial charge on any atom is 0.334 e. The molecule has 0 aliphatic carbocycles. The molecule has 1 aliphatic rings. The van der Waals surface area contributed by atoms with Crippen LogP contribution in [0.15, 0.2) is 11.6 Å². The monoisotopic (exact) mass is 313 g/mol. The zero-order chi connectivity index (χ0) is 16.6. The van der Waals surface area contributed by atoms with Crippen molar-refractivity contribution in [3.63, 3.8) is 0 Å². The van der Waals surface area contributed by atoms with Crippen LogP contribution in [0.25, 0.3) is 0 Å². The third kappa shape index (κ3) is 8.14. The van der Waals surface area contributed by atoms with Crippen molar-refractivity contribution in [2.45, 2.75) is 45.6 Å². The van der Waals surface area contributed by atoms with Gasteiger partial charge in [-0.2, -0.15) is 0 Å². The van der Waals surface area contributed by atoms with Gasteiger partial charge in [0.15, 0.2) is 0 Å². The molecule has 0 saturated carbocycles. The Morgan fingerprint density at radius 1 is 1.23 bits per heavy atom. The molecule has 0 radical (unpaired) electrons. The molecule has 1 fully saturated rings. The molecule has 1 rings (SSSR count). The summed E-state index contributed by atoms with van der Waals surface area (Å²) in [6, 6.07) is 0. The van der Waals surface area contributed by atoms with E-state index in [9.17, 15) is 9.59 Å². The lowest BCUT2D eigenvalue weighted by Crippen LogP contribution is -2.36. The summed E-state index contributed by atoms with van der Waals surface area (Å²) in [6.07, 6.45) is 3.06. The Kier molecular flexibility index (Phi) is 7.55. The Balaban J connectivity index is 2.41. The lowest BCUT2D eigenvalue weighted by atomic mass is 10.1. The van der Waals surface area contributed by atoms with Crippen LogP contribution in [0.1, 0.15) is 40.0 Å². The summed E-state index contributed by atoms with van der Waals surface area (Å²) < 4.78 is 10.5. The standard InChI is InChI=1S/C16H27NO5/c1-16(2,3)22-15(20)13(12-14(18)19)6-4-5-7-17-8-10-21-11-9-17/h12H,4-11H2,1-3H3,(H,18,19)/b13-12+. The SMILES string of the molecule is CC(C)(C)OC(=O)/C(=C/C(=O)O)CCCCN1CCOCC1. The van der Waals surface area contributed by atoms with E-state index in [1.807, 2.05) is 0 Å². The first-order valence-electron chi connectivity index (χ1n) is 7.75. The Labute approximate surface area is 132 Å². The van der Waals surface area contributed by atoms with E-state index in [0.717, 1.165) is 51.8 Å². The van der Waals surface area contributed by atoms with E-state index in [0.29, 0.717) is 6.42 Å². The first-order valence-corrected chi connectivity index (χ1v) is 7.75. The zero-order valence-electron chi connectivity index (χ0n) is 13.8. The average Bonchev–Trinajstić information content (AvgIpc) is 2.41. The minimum absolute atomic E-state index is 0.226. The Hall–Kier alpha value is -1.40. The van der Waals surface area contributed by atoms with Crippen molar-refractivity contribution < 1.29 is 24.2 Å². The molecule has 1 N–H and O–H groups in total. The fourth-order valence-corrected chi connectivity index (χ4v) is 2.20. The molecule has 0 aromatic heterocycles. The van der Waals surface area contributed by atoms with E-state index in [4.69, 9.17) is 14.6 Å². The molecular formula is C16H27NO5. The number of carboxylic acids is 1. The van der Waals surface area contributed by atoms with Crippen molar-refractivity contribution in [2.75, 3.05) is 32.8 Å². The molecule has 0 bridgehead atoms. The van der Waals surface area contributed by atoms with Gasteiger partial charge in [0, 0.05) is 24.7 Å². The quantitative estimate of drug-likeness (QED) is 0.439. The number of carbonyl (C=O) groups excluding carboxylic acids is 1. The van der Waals surface area contributed by atoms with Gasteiger partial charge in [-0.1, -0.05) is 0 Å². The lowest BCUT2D eigenvalue weighted by Gasteiger charge is -2.26. The van der Waals surface area contributed by atoms with Crippen LogP contribution in [0.5, 0.6) is 0 Å². The van der Waals surface area contributed by atoms with Crippen molar-refractivity contribution in [1.29, 1.82) is 0 Å². The predicted molar refractivity (Wildman–Crippen MR) is 82.7 cm³/mol. The highest BCUT2D eigenvalue weighted by atomic mass is 16.6. The summed E-state index contributed by atoms with van der Waals surface area (Å²) in [7, 11) is 0. The molecule has 0 atom stereocenters. The largest absolute Gasteiger partial charge is 0.478 e. The molecule has 1 heterocycles. The predicted octanol–water partition coefficient (Wildman–Crippen LogP) is 1.84. The van der Waals surface area contributed by atoms with Gasteiger partial charge in [-0.25, -0.2) is 9.59 Å². The van der Waals surface area contributed by atoms with E-state index in [2.05, 4.69) is 4.90 Å². The maximum absolute atomic E-state index is 12.0. The number of nitrogens with zero attached hydrogens (tertiary/aromatic N) is 1. The molecule has 0 amide bonds. The summed E-state index contributed by atoms with van der Waals surface area (Å²) in [5.41, 5.74) is -0.396. The molecule has 0 aromatic rings. The number of ether oxygens (including phenoxy) is 2. The topological polar surface area (TPSA) is 76.1 Å². The Morgan fingerprint density at radius 2 is 1.86 bits per heavy atom. The first-order chi connectivity index (χ1) is 10.3. The molecule has 1 aliphatic heterocycles. The number of rotatable bonds is 7. The third-order valence-corrected chi connectivity index (χ3v) is 3.23. The van der Waals surface area contributed by atoms with Crippen LogP contribution in [0.4, 0.5) is 0 Å². The second kappa shape index (κ2) is 8.90. The van der Waals surface area contributed by atoms with Crippen molar-refractivity contribution in [1.82, 2.24) is 4.90 Å². The molecule has 0 spiro atoms. The molecule has 0 aromatic carbocycles. The number of aliphatic carboxylic acids is 1.